The van der Waals surface area contributed by atoms with Gasteiger partial charge in [-0.25, -0.2) is 0 Å². The first-order valence-electron chi connectivity index (χ1n) is 9.71. The zero-order valence-corrected chi connectivity index (χ0v) is 16.9. The van der Waals surface area contributed by atoms with Crippen molar-refractivity contribution in [2.45, 2.75) is 53.1 Å². The number of carbonyl (C=O) groups is 1. The lowest BCUT2D eigenvalue weighted by atomic mass is 9.98. The van der Waals surface area contributed by atoms with Crippen molar-refractivity contribution in [1.29, 1.82) is 5.26 Å². The van der Waals surface area contributed by atoms with Gasteiger partial charge in [-0.05, 0) is 76.3 Å². The number of aryl methyl sites for hydroxylation is 1. The number of allylic oxidation sites excluding steroid dienone is 1. The monoisotopic (exact) mass is 374 g/mol. The van der Waals surface area contributed by atoms with Crippen LogP contribution in [0.5, 0.6) is 5.75 Å². The van der Waals surface area contributed by atoms with Gasteiger partial charge in [0.25, 0.3) is 5.91 Å². The lowest BCUT2D eigenvalue weighted by molar-refractivity contribution is 0.0973. The molecule has 0 heterocycles. The first kappa shape index (κ1) is 19.7. The fourth-order valence-electron chi connectivity index (χ4n) is 3.62. The lowest BCUT2D eigenvalue weighted by Gasteiger charge is -2.17. The van der Waals surface area contributed by atoms with E-state index in [2.05, 4.69) is 29.6 Å². The minimum absolute atomic E-state index is 0.0378. The summed E-state index contributed by atoms with van der Waals surface area (Å²) in [6.07, 6.45) is 3.25. The van der Waals surface area contributed by atoms with Crippen LogP contribution in [0.25, 0.3) is 5.70 Å². The van der Waals surface area contributed by atoms with Crippen LogP contribution in [-0.2, 0) is 12.8 Å². The first-order chi connectivity index (χ1) is 13.4. The van der Waals surface area contributed by atoms with Crippen LogP contribution in [0.4, 0.5) is 0 Å². The van der Waals surface area contributed by atoms with Crippen molar-refractivity contribution in [3.63, 3.8) is 0 Å². The van der Waals surface area contributed by atoms with E-state index in [4.69, 9.17) is 4.74 Å². The molecule has 0 fully saturated rings. The van der Waals surface area contributed by atoms with Gasteiger partial charge in [0.2, 0.25) is 0 Å². The highest BCUT2D eigenvalue weighted by Crippen LogP contribution is 2.30. The number of fused-ring (bicyclic) bond motifs is 1. The van der Waals surface area contributed by atoms with Crippen LogP contribution < -0.4 is 10.1 Å². The SMILES string of the molecule is CC(C)=C(NC(=O)c1ccc(OC(C)C)c(C#N)c1)c1cccc2c1CCC2. The zero-order chi connectivity index (χ0) is 20.3. The molecule has 0 unspecified atom stereocenters. The van der Waals surface area contributed by atoms with Gasteiger partial charge in [-0.15, -0.1) is 0 Å². The Hall–Kier alpha value is -3.06. The molecule has 0 bridgehead atoms. The molecule has 4 nitrogen and oxygen atoms in total. The molecule has 2 aromatic carbocycles. The molecule has 0 radical (unpaired) electrons. The van der Waals surface area contributed by atoms with Crippen LogP contribution in [0.1, 0.15) is 66.7 Å². The van der Waals surface area contributed by atoms with Crippen molar-refractivity contribution in [3.8, 4) is 11.8 Å². The predicted octanol–water partition coefficient (Wildman–Crippen LogP) is 5.02. The summed E-state index contributed by atoms with van der Waals surface area (Å²) in [7, 11) is 0. The topological polar surface area (TPSA) is 62.1 Å². The maximum atomic E-state index is 12.9. The fraction of sp³-hybridized carbons (Fsp3) is 0.333. The second kappa shape index (κ2) is 8.31. The second-order valence-electron chi connectivity index (χ2n) is 7.62. The molecule has 0 spiro atoms. The normalized spacial score (nSPS) is 12.3. The highest BCUT2D eigenvalue weighted by atomic mass is 16.5. The van der Waals surface area contributed by atoms with Gasteiger partial charge >= 0.3 is 0 Å². The van der Waals surface area contributed by atoms with Crippen molar-refractivity contribution in [2.75, 3.05) is 0 Å². The van der Waals surface area contributed by atoms with Gasteiger partial charge in [0.1, 0.15) is 11.8 Å². The summed E-state index contributed by atoms with van der Waals surface area (Å²) in [6, 6.07) is 13.4. The summed E-state index contributed by atoms with van der Waals surface area (Å²) in [4.78, 5) is 12.9. The van der Waals surface area contributed by atoms with Crippen LogP contribution in [-0.4, -0.2) is 12.0 Å². The maximum absolute atomic E-state index is 12.9. The zero-order valence-electron chi connectivity index (χ0n) is 16.9. The summed E-state index contributed by atoms with van der Waals surface area (Å²) >= 11 is 0. The summed E-state index contributed by atoms with van der Waals surface area (Å²) < 4.78 is 5.65. The molecule has 3 rings (SSSR count). The third-order valence-corrected chi connectivity index (χ3v) is 4.88. The fourth-order valence-corrected chi connectivity index (χ4v) is 3.62. The molecule has 2 aromatic rings. The van der Waals surface area contributed by atoms with Crippen LogP contribution in [0.15, 0.2) is 42.0 Å². The van der Waals surface area contributed by atoms with Gasteiger partial charge in [0.15, 0.2) is 0 Å². The molecule has 1 aliphatic carbocycles. The number of hydrogen-bond donors (Lipinski definition) is 1. The quantitative estimate of drug-likeness (QED) is 0.800. The van der Waals surface area contributed by atoms with E-state index in [1.165, 1.54) is 11.1 Å². The highest BCUT2D eigenvalue weighted by molar-refractivity contribution is 6.00. The van der Waals surface area contributed by atoms with Crippen molar-refractivity contribution in [1.82, 2.24) is 5.32 Å². The molecule has 28 heavy (non-hydrogen) atoms. The minimum atomic E-state index is -0.223. The van der Waals surface area contributed by atoms with Gasteiger partial charge in [-0.1, -0.05) is 23.8 Å². The van der Waals surface area contributed by atoms with Gasteiger partial charge in [-0.2, -0.15) is 5.26 Å². The molecule has 0 saturated carbocycles. The van der Waals surface area contributed by atoms with Gasteiger partial charge < -0.3 is 10.1 Å². The third kappa shape index (κ3) is 4.09. The molecule has 0 saturated heterocycles. The summed E-state index contributed by atoms with van der Waals surface area (Å²) in [5.41, 5.74) is 6.51. The minimum Gasteiger partial charge on any atom is -0.490 e. The van der Waals surface area contributed by atoms with E-state index in [1.807, 2.05) is 27.7 Å². The summed E-state index contributed by atoms with van der Waals surface area (Å²) in [6.45, 7) is 7.82. The van der Waals surface area contributed by atoms with Crippen molar-refractivity contribution < 1.29 is 9.53 Å². The molecular weight excluding hydrogens is 348 g/mol. The molecule has 144 valence electrons. The van der Waals surface area contributed by atoms with E-state index < -0.39 is 0 Å². The summed E-state index contributed by atoms with van der Waals surface area (Å²) in [5, 5.41) is 12.5. The van der Waals surface area contributed by atoms with Gasteiger partial charge in [0, 0.05) is 16.8 Å². The van der Waals surface area contributed by atoms with Crippen LogP contribution in [0.2, 0.25) is 0 Å². The number of nitrogens with one attached hydrogen (secondary N) is 1. The molecule has 0 aliphatic heterocycles. The number of hydrogen-bond acceptors (Lipinski definition) is 3. The number of ether oxygens (including phenoxy) is 1. The number of nitrogens with zero attached hydrogens (tertiary/aromatic N) is 1. The second-order valence-corrected chi connectivity index (χ2v) is 7.62. The largest absolute Gasteiger partial charge is 0.490 e. The number of nitriles is 1. The lowest BCUT2D eigenvalue weighted by Crippen LogP contribution is -2.23. The van der Waals surface area contributed by atoms with E-state index in [0.29, 0.717) is 16.9 Å². The van der Waals surface area contributed by atoms with Crippen LogP contribution in [0.3, 0.4) is 0 Å². The Morgan fingerprint density at radius 1 is 1.18 bits per heavy atom. The molecule has 4 heteroatoms. The van der Waals surface area contributed by atoms with E-state index in [1.54, 1.807) is 18.2 Å². The predicted molar refractivity (Wildman–Crippen MR) is 111 cm³/mol. The Balaban J connectivity index is 1.90. The molecular formula is C24H26N2O2. The molecule has 0 aromatic heterocycles. The van der Waals surface area contributed by atoms with Gasteiger partial charge in [0.05, 0.1) is 11.7 Å². The van der Waals surface area contributed by atoms with Crippen molar-refractivity contribution in [2.24, 2.45) is 0 Å². The molecule has 1 amide bonds. The van der Waals surface area contributed by atoms with Crippen molar-refractivity contribution in [3.05, 3.63) is 69.8 Å². The number of amides is 1. The van der Waals surface area contributed by atoms with Crippen LogP contribution in [0, 0.1) is 11.3 Å². The van der Waals surface area contributed by atoms with E-state index >= 15 is 0 Å². The average molecular weight is 374 g/mol. The Morgan fingerprint density at radius 3 is 2.64 bits per heavy atom. The molecule has 0 atom stereocenters. The smallest absolute Gasteiger partial charge is 0.255 e. The van der Waals surface area contributed by atoms with E-state index in [0.717, 1.165) is 36.1 Å². The molecule has 1 N–H and O–H groups in total. The summed E-state index contributed by atoms with van der Waals surface area (Å²) in [5.74, 6) is 0.275. The Morgan fingerprint density at radius 2 is 1.96 bits per heavy atom. The molecule has 1 aliphatic rings. The standard InChI is InChI=1S/C24H26N2O2/c1-15(2)23(21-10-6-8-17-7-5-9-20(17)21)26-24(27)18-11-12-22(28-16(3)4)19(13-18)14-25/h6,8,10-13,16H,5,7,9H2,1-4H3,(H,26,27). The average Bonchev–Trinajstić information content (AvgIpc) is 3.14. The number of carbonyl (C=O) groups excluding carboxylic acids is 1. The van der Waals surface area contributed by atoms with E-state index in [9.17, 15) is 10.1 Å². The highest BCUT2D eigenvalue weighted by Gasteiger charge is 2.20. The maximum Gasteiger partial charge on any atom is 0.255 e. The van der Waals surface area contributed by atoms with Crippen LogP contribution >= 0.6 is 0 Å². The number of benzene rings is 2. The van der Waals surface area contributed by atoms with E-state index in [-0.39, 0.29) is 12.0 Å². The number of rotatable bonds is 5. The Bertz CT molecular complexity index is 977. The van der Waals surface area contributed by atoms with Gasteiger partial charge in [-0.3, -0.25) is 4.79 Å². The van der Waals surface area contributed by atoms with Crippen molar-refractivity contribution >= 4 is 11.6 Å². The first-order valence-corrected chi connectivity index (χ1v) is 9.71. The Kier molecular flexibility index (Phi) is 5.84. The Labute approximate surface area is 166 Å². The third-order valence-electron chi connectivity index (χ3n) is 4.88.